The van der Waals surface area contributed by atoms with E-state index in [1.165, 1.54) is 11.0 Å². The van der Waals surface area contributed by atoms with Gasteiger partial charge >= 0.3 is 16.3 Å². The third-order valence-corrected chi connectivity index (χ3v) is 7.97. The highest BCUT2D eigenvalue weighted by atomic mass is 32.2. The number of allylic oxidation sites excluding steroid dienone is 1. The molecule has 0 spiro atoms. The summed E-state index contributed by atoms with van der Waals surface area (Å²) in [4.78, 5) is 54.2. The maximum Gasteiger partial charge on any atom is 0.408 e. The van der Waals surface area contributed by atoms with Crippen LogP contribution in [0.5, 0.6) is 0 Å². The molecule has 3 aliphatic rings. The quantitative estimate of drug-likeness (QED) is 0.353. The Labute approximate surface area is 230 Å². The molecule has 4 atom stereocenters. The second-order valence-electron chi connectivity index (χ2n) is 11.3. The molecule has 1 aliphatic carbocycles. The van der Waals surface area contributed by atoms with Crippen LogP contribution in [0.2, 0.25) is 0 Å². The summed E-state index contributed by atoms with van der Waals surface area (Å²) in [6, 6.07) is -1.71. The summed E-state index contributed by atoms with van der Waals surface area (Å²) in [6.45, 7) is 8.91. The van der Waals surface area contributed by atoms with Crippen molar-refractivity contribution in [3.05, 3.63) is 24.8 Å². The van der Waals surface area contributed by atoms with Crippen molar-refractivity contribution in [2.24, 2.45) is 5.92 Å². The Kier molecular flexibility index (Phi) is 9.81. The number of hydrogen-bond donors (Lipinski definition) is 4. The second-order valence-corrected chi connectivity index (χ2v) is 12.8. The number of nitrogens with zero attached hydrogens (tertiary/aromatic N) is 1. The van der Waals surface area contributed by atoms with Crippen molar-refractivity contribution in [1.82, 2.24) is 25.0 Å². The Hall–Kier alpha value is -2.93. The molecule has 1 saturated carbocycles. The number of ether oxygens (including phenoxy) is 1. The van der Waals surface area contributed by atoms with E-state index < -0.39 is 51.3 Å². The Balaban J connectivity index is 1.82. The van der Waals surface area contributed by atoms with Crippen molar-refractivity contribution in [3.63, 3.8) is 0 Å². The Morgan fingerprint density at radius 3 is 2.64 bits per heavy atom. The third kappa shape index (κ3) is 8.28. The summed E-state index contributed by atoms with van der Waals surface area (Å²) in [5.41, 5.74) is -2.18. The first kappa shape index (κ1) is 30.6. The SMILES string of the molecule is C=CCNS(=O)(=O)NC(=O)[C@@]12C[C@H]1C=CCCCCC[C@H](NC(=O)OC(C)(C)C)C(=O)N1CCC[C@H]1C(=O)N2. The number of carbonyl (C=O) groups is 4. The van der Waals surface area contributed by atoms with E-state index >= 15 is 0 Å². The molecule has 12 nitrogen and oxygen atoms in total. The molecule has 0 radical (unpaired) electrons. The van der Waals surface area contributed by atoms with Gasteiger partial charge in [0.05, 0.1) is 0 Å². The molecule has 0 bridgehead atoms. The number of rotatable bonds is 6. The standard InChI is InChI=1S/C26H41N5O7S/c1-5-15-27-39(36,37)30-23(34)26-17-18(26)12-9-7-6-8-10-13-19(28-24(35)38-25(2,3)4)22(33)31-16-11-14-20(31)21(32)29-26/h5,9,12,18-20,27H,1,6-8,10-11,13-17H2,2-4H3,(H,28,35)(H,29,32)(H,30,34)/t18-,19+,20+,26-/m1/s1. The summed E-state index contributed by atoms with van der Waals surface area (Å²) in [5.74, 6) is -2.14. The molecule has 2 heterocycles. The fraction of sp³-hybridized carbons (Fsp3) is 0.692. The van der Waals surface area contributed by atoms with Crippen molar-refractivity contribution in [2.75, 3.05) is 13.1 Å². The molecule has 2 fully saturated rings. The van der Waals surface area contributed by atoms with E-state index in [0.717, 1.165) is 12.8 Å². The van der Waals surface area contributed by atoms with Crippen LogP contribution in [0.3, 0.4) is 0 Å². The van der Waals surface area contributed by atoms with Crippen LogP contribution < -0.4 is 20.1 Å². The number of hydrogen-bond acceptors (Lipinski definition) is 7. The number of carbonyl (C=O) groups excluding carboxylic acids is 4. The molecule has 2 aliphatic heterocycles. The molecular formula is C26H41N5O7S. The molecule has 0 aromatic carbocycles. The van der Waals surface area contributed by atoms with Crippen LogP contribution in [0, 0.1) is 5.92 Å². The molecule has 218 valence electrons. The maximum atomic E-state index is 13.6. The predicted octanol–water partition coefficient (Wildman–Crippen LogP) is 1.40. The van der Waals surface area contributed by atoms with E-state index in [4.69, 9.17) is 4.74 Å². The molecule has 13 heteroatoms. The van der Waals surface area contributed by atoms with Gasteiger partial charge in [0.15, 0.2) is 0 Å². The minimum Gasteiger partial charge on any atom is -0.444 e. The zero-order valence-electron chi connectivity index (χ0n) is 23.0. The molecular weight excluding hydrogens is 526 g/mol. The first-order valence-corrected chi connectivity index (χ1v) is 15.0. The Bertz CT molecular complexity index is 1100. The lowest BCUT2D eigenvalue weighted by atomic mass is 10.0. The lowest BCUT2D eigenvalue weighted by Gasteiger charge is -2.30. The van der Waals surface area contributed by atoms with Crippen LogP contribution in [0.15, 0.2) is 24.8 Å². The van der Waals surface area contributed by atoms with Gasteiger partial charge in [-0.3, -0.25) is 14.4 Å². The largest absolute Gasteiger partial charge is 0.444 e. The average molecular weight is 568 g/mol. The van der Waals surface area contributed by atoms with Gasteiger partial charge in [-0.25, -0.2) is 9.52 Å². The molecule has 4 amide bonds. The smallest absolute Gasteiger partial charge is 0.408 e. The van der Waals surface area contributed by atoms with Crippen LogP contribution in [0.1, 0.15) is 72.1 Å². The molecule has 0 aromatic heterocycles. The van der Waals surface area contributed by atoms with Gasteiger partial charge in [0, 0.05) is 19.0 Å². The Morgan fingerprint density at radius 2 is 1.95 bits per heavy atom. The minimum atomic E-state index is -4.16. The van der Waals surface area contributed by atoms with E-state index in [1.807, 2.05) is 16.9 Å². The molecule has 3 rings (SSSR count). The van der Waals surface area contributed by atoms with Gasteiger partial charge in [-0.2, -0.15) is 13.1 Å². The number of fused-ring (bicyclic) bond motifs is 2. The van der Waals surface area contributed by atoms with Gasteiger partial charge in [0.25, 0.3) is 5.91 Å². The highest BCUT2D eigenvalue weighted by Gasteiger charge is 2.61. The van der Waals surface area contributed by atoms with Crippen LogP contribution in [-0.2, 0) is 29.3 Å². The molecule has 39 heavy (non-hydrogen) atoms. The second kappa shape index (κ2) is 12.5. The summed E-state index contributed by atoms with van der Waals surface area (Å²) >= 11 is 0. The predicted molar refractivity (Wildman–Crippen MR) is 144 cm³/mol. The highest BCUT2D eigenvalue weighted by Crippen LogP contribution is 2.45. The fourth-order valence-electron chi connectivity index (χ4n) is 4.96. The van der Waals surface area contributed by atoms with Gasteiger partial charge in [-0.15, -0.1) is 6.58 Å². The number of nitrogens with one attached hydrogen (secondary N) is 4. The number of amides is 4. The van der Waals surface area contributed by atoms with E-state index in [1.54, 1.807) is 20.8 Å². The van der Waals surface area contributed by atoms with E-state index in [9.17, 15) is 27.6 Å². The van der Waals surface area contributed by atoms with Gasteiger partial charge in [-0.1, -0.05) is 31.1 Å². The van der Waals surface area contributed by atoms with Gasteiger partial charge < -0.3 is 20.3 Å². The van der Waals surface area contributed by atoms with Crippen LogP contribution in [0.4, 0.5) is 4.79 Å². The van der Waals surface area contributed by atoms with Crippen molar-refractivity contribution in [1.29, 1.82) is 0 Å². The van der Waals surface area contributed by atoms with E-state index in [0.29, 0.717) is 38.6 Å². The van der Waals surface area contributed by atoms with Gasteiger partial charge in [0.1, 0.15) is 23.2 Å². The highest BCUT2D eigenvalue weighted by molar-refractivity contribution is 7.88. The number of alkyl carbamates (subject to hydrolysis) is 1. The normalized spacial score (nSPS) is 28.2. The first-order chi connectivity index (χ1) is 18.3. The van der Waals surface area contributed by atoms with E-state index in [2.05, 4.69) is 21.9 Å². The summed E-state index contributed by atoms with van der Waals surface area (Å²) in [5, 5.41) is 5.46. The topological polar surface area (TPSA) is 163 Å². The lowest BCUT2D eigenvalue weighted by molar-refractivity contribution is -0.141. The summed E-state index contributed by atoms with van der Waals surface area (Å²) < 4.78 is 34.2. The fourth-order valence-corrected chi connectivity index (χ4v) is 5.80. The lowest BCUT2D eigenvalue weighted by Crippen LogP contribution is -2.59. The van der Waals surface area contributed by atoms with Crippen molar-refractivity contribution in [3.8, 4) is 0 Å². The van der Waals surface area contributed by atoms with Crippen molar-refractivity contribution < 1.29 is 32.3 Å². The zero-order valence-corrected chi connectivity index (χ0v) is 23.8. The third-order valence-electron chi connectivity index (χ3n) is 6.97. The summed E-state index contributed by atoms with van der Waals surface area (Å²) in [6.07, 6.45) is 9.05. The Morgan fingerprint density at radius 1 is 1.21 bits per heavy atom. The van der Waals surface area contributed by atoms with Gasteiger partial charge in [0.2, 0.25) is 11.8 Å². The minimum absolute atomic E-state index is 0.0665. The first-order valence-electron chi connectivity index (χ1n) is 13.5. The van der Waals surface area contributed by atoms with Crippen molar-refractivity contribution in [2.45, 2.75) is 95.4 Å². The maximum absolute atomic E-state index is 13.6. The van der Waals surface area contributed by atoms with Crippen LogP contribution in [-0.4, -0.2) is 73.4 Å². The van der Waals surface area contributed by atoms with E-state index in [-0.39, 0.29) is 24.8 Å². The molecule has 4 N–H and O–H groups in total. The molecule has 0 unspecified atom stereocenters. The van der Waals surface area contributed by atoms with Crippen molar-refractivity contribution >= 4 is 34.0 Å². The molecule has 1 saturated heterocycles. The average Bonchev–Trinajstić information content (AvgIpc) is 3.29. The van der Waals surface area contributed by atoms with Crippen LogP contribution >= 0.6 is 0 Å². The molecule has 0 aromatic rings. The van der Waals surface area contributed by atoms with Gasteiger partial charge in [-0.05, 0) is 59.3 Å². The summed E-state index contributed by atoms with van der Waals surface area (Å²) in [7, 11) is -4.16. The monoisotopic (exact) mass is 567 g/mol. The zero-order chi connectivity index (χ0) is 28.8. The van der Waals surface area contributed by atoms with Crippen LogP contribution in [0.25, 0.3) is 0 Å².